The average Bonchev–Trinajstić information content (AvgIpc) is 3.10. The van der Waals surface area contributed by atoms with Crippen molar-refractivity contribution < 1.29 is 22.3 Å². The number of fused-ring (bicyclic) bond motifs is 1. The van der Waals surface area contributed by atoms with Crippen molar-refractivity contribution in [2.45, 2.75) is 19.5 Å². The van der Waals surface area contributed by atoms with Crippen molar-refractivity contribution in [3.8, 4) is 5.75 Å². The number of aromatic nitrogens is 3. The van der Waals surface area contributed by atoms with Crippen LogP contribution < -0.4 is 10.1 Å². The van der Waals surface area contributed by atoms with Gasteiger partial charge < -0.3 is 15.0 Å². The maximum absolute atomic E-state index is 13.5. The largest absolute Gasteiger partial charge is 0.493 e. The maximum atomic E-state index is 13.5. The molecule has 0 atom stereocenters. The number of pyridine rings is 2. The Kier molecular flexibility index (Phi) is 5.50. The van der Waals surface area contributed by atoms with E-state index in [9.17, 15) is 17.6 Å². The monoisotopic (exact) mass is 430 g/mol. The highest BCUT2D eigenvalue weighted by Crippen LogP contribution is 2.30. The van der Waals surface area contributed by atoms with E-state index >= 15 is 0 Å². The molecule has 9 heteroatoms. The van der Waals surface area contributed by atoms with Crippen molar-refractivity contribution in [1.29, 1.82) is 0 Å². The standard InChI is InChI=1S/C22H18F4N4O/c1-13-19(31-9-7-14-2-4-15(5-3-14)22(24,25)26)6-8-27-21(13)30-16-10-18-20(29-11-16)17(23)12-28-18/h2-6,8,10-12,28H,7,9H2,1H3,(H,27,30). The number of aromatic amines is 1. The molecule has 0 radical (unpaired) electrons. The molecule has 0 saturated heterocycles. The summed E-state index contributed by atoms with van der Waals surface area (Å²) in [7, 11) is 0. The highest BCUT2D eigenvalue weighted by molar-refractivity contribution is 5.80. The second kappa shape index (κ2) is 8.25. The van der Waals surface area contributed by atoms with Crippen LogP contribution in [0.4, 0.5) is 29.1 Å². The topological polar surface area (TPSA) is 62.8 Å². The number of hydrogen-bond acceptors (Lipinski definition) is 4. The third-order valence-corrected chi connectivity index (χ3v) is 4.81. The molecule has 0 unspecified atom stereocenters. The van der Waals surface area contributed by atoms with Gasteiger partial charge in [-0.15, -0.1) is 0 Å². The van der Waals surface area contributed by atoms with E-state index in [1.165, 1.54) is 24.5 Å². The van der Waals surface area contributed by atoms with Gasteiger partial charge in [-0.05, 0) is 36.8 Å². The Balaban J connectivity index is 1.41. The van der Waals surface area contributed by atoms with Gasteiger partial charge in [-0.3, -0.25) is 0 Å². The Bertz CT molecular complexity index is 1200. The minimum absolute atomic E-state index is 0.260. The van der Waals surface area contributed by atoms with Crippen LogP contribution in [0.5, 0.6) is 5.75 Å². The first-order valence-electron chi connectivity index (χ1n) is 9.45. The number of nitrogens with zero attached hydrogens (tertiary/aromatic N) is 2. The van der Waals surface area contributed by atoms with Gasteiger partial charge in [-0.2, -0.15) is 13.2 Å². The van der Waals surface area contributed by atoms with Gasteiger partial charge in [0.2, 0.25) is 0 Å². The summed E-state index contributed by atoms with van der Waals surface area (Å²) in [5.74, 6) is 0.740. The Hall–Kier alpha value is -3.62. The summed E-state index contributed by atoms with van der Waals surface area (Å²) in [6.45, 7) is 2.13. The zero-order valence-electron chi connectivity index (χ0n) is 16.4. The average molecular weight is 430 g/mol. The van der Waals surface area contributed by atoms with E-state index in [1.54, 1.807) is 18.3 Å². The molecule has 1 aromatic carbocycles. The summed E-state index contributed by atoms with van der Waals surface area (Å²) in [6.07, 6.45) is 0.459. The maximum Gasteiger partial charge on any atom is 0.416 e. The molecular weight excluding hydrogens is 412 g/mol. The zero-order chi connectivity index (χ0) is 22.0. The van der Waals surface area contributed by atoms with Gasteiger partial charge in [0.05, 0.1) is 29.6 Å². The van der Waals surface area contributed by atoms with Crippen molar-refractivity contribution in [1.82, 2.24) is 15.0 Å². The SMILES string of the molecule is Cc1c(OCCc2ccc(C(F)(F)F)cc2)ccnc1Nc1cnc2c(F)c[nH]c2c1. The van der Waals surface area contributed by atoms with Gasteiger partial charge in [0, 0.05) is 24.4 Å². The van der Waals surface area contributed by atoms with E-state index in [-0.39, 0.29) is 5.52 Å². The Morgan fingerprint density at radius 1 is 1.10 bits per heavy atom. The number of ether oxygens (including phenoxy) is 1. The van der Waals surface area contributed by atoms with Crippen molar-refractivity contribution in [2.24, 2.45) is 0 Å². The highest BCUT2D eigenvalue weighted by atomic mass is 19.4. The lowest BCUT2D eigenvalue weighted by atomic mass is 10.1. The molecule has 0 aliphatic heterocycles. The second-order valence-corrected chi connectivity index (χ2v) is 6.96. The molecule has 3 heterocycles. The van der Waals surface area contributed by atoms with Crippen molar-refractivity contribution in [3.05, 3.63) is 77.5 Å². The van der Waals surface area contributed by atoms with Crippen LogP contribution in [0.15, 0.2) is 55.0 Å². The molecule has 31 heavy (non-hydrogen) atoms. The van der Waals surface area contributed by atoms with Crippen LogP contribution in [0.2, 0.25) is 0 Å². The smallest absolute Gasteiger partial charge is 0.416 e. The molecule has 2 N–H and O–H groups in total. The number of hydrogen-bond donors (Lipinski definition) is 2. The lowest BCUT2D eigenvalue weighted by molar-refractivity contribution is -0.137. The molecule has 0 aliphatic rings. The number of halogens is 4. The summed E-state index contributed by atoms with van der Waals surface area (Å²) < 4.78 is 57.3. The minimum atomic E-state index is -4.35. The molecule has 0 bridgehead atoms. The first-order valence-corrected chi connectivity index (χ1v) is 9.45. The van der Waals surface area contributed by atoms with E-state index in [2.05, 4.69) is 20.3 Å². The van der Waals surface area contributed by atoms with Crippen LogP contribution in [0.1, 0.15) is 16.7 Å². The first-order chi connectivity index (χ1) is 14.8. The summed E-state index contributed by atoms with van der Waals surface area (Å²) in [5, 5.41) is 3.14. The Labute approximate surface area is 175 Å². The Morgan fingerprint density at radius 3 is 2.61 bits per heavy atom. The highest BCUT2D eigenvalue weighted by Gasteiger charge is 2.29. The fourth-order valence-electron chi connectivity index (χ4n) is 3.12. The van der Waals surface area contributed by atoms with E-state index in [1.807, 2.05) is 6.92 Å². The van der Waals surface area contributed by atoms with E-state index in [4.69, 9.17) is 4.74 Å². The zero-order valence-corrected chi connectivity index (χ0v) is 16.4. The van der Waals surface area contributed by atoms with E-state index in [0.29, 0.717) is 35.8 Å². The van der Waals surface area contributed by atoms with Crippen molar-refractivity contribution in [2.75, 3.05) is 11.9 Å². The van der Waals surface area contributed by atoms with Crippen LogP contribution in [0.3, 0.4) is 0 Å². The molecule has 0 saturated carbocycles. The van der Waals surface area contributed by atoms with Gasteiger partial charge in [-0.1, -0.05) is 12.1 Å². The normalized spacial score (nSPS) is 11.6. The molecule has 0 aliphatic carbocycles. The van der Waals surface area contributed by atoms with Gasteiger partial charge in [0.25, 0.3) is 0 Å². The third-order valence-electron chi connectivity index (χ3n) is 4.81. The van der Waals surface area contributed by atoms with E-state index < -0.39 is 17.6 Å². The van der Waals surface area contributed by atoms with Gasteiger partial charge in [0.1, 0.15) is 17.1 Å². The first kappa shape index (κ1) is 20.6. The lowest BCUT2D eigenvalue weighted by Gasteiger charge is -2.13. The molecule has 160 valence electrons. The molecular formula is C22H18F4N4O. The predicted molar refractivity (Wildman–Crippen MR) is 109 cm³/mol. The molecule has 0 fully saturated rings. The fraction of sp³-hybridized carbons (Fsp3) is 0.182. The van der Waals surface area contributed by atoms with Crippen LogP contribution in [0.25, 0.3) is 11.0 Å². The van der Waals surface area contributed by atoms with Crippen LogP contribution in [0, 0.1) is 12.7 Å². The lowest BCUT2D eigenvalue weighted by Crippen LogP contribution is -2.06. The van der Waals surface area contributed by atoms with E-state index in [0.717, 1.165) is 23.3 Å². The number of H-pyrrole nitrogens is 1. The number of nitrogens with one attached hydrogen (secondary N) is 2. The molecule has 3 aromatic heterocycles. The van der Waals surface area contributed by atoms with Crippen molar-refractivity contribution in [3.63, 3.8) is 0 Å². The quantitative estimate of drug-likeness (QED) is 0.380. The molecule has 5 nitrogen and oxygen atoms in total. The van der Waals surface area contributed by atoms with Crippen LogP contribution >= 0.6 is 0 Å². The number of anilines is 2. The summed E-state index contributed by atoms with van der Waals surface area (Å²) >= 11 is 0. The molecule has 0 spiro atoms. The summed E-state index contributed by atoms with van der Waals surface area (Å²) in [5.41, 5.74) is 2.28. The number of alkyl halides is 3. The van der Waals surface area contributed by atoms with Gasteiger partial charge >= 0.3 is 6.18 Å². The predicted octanol–water partition coefficient (Wildman–Crippen LogP) is 5.79. The molecule has 0 amide bonds. The van der Waals surface area contributed by atoms with Crippen LogP contribution in [-0.2, 0) is 12.6 Å². The second-order valence-electron chi connectivity index (χ2n) is 6.96. The minimum Gasteiger partial charge on any atom is -0.493 e. The van der Waals surface area contributed by atoms with Gasteiger partial charge in [0.15, 0.2) is 5.82 Å². The van der Waals surface area contributed by atoms with Gasteiger partial charge in [-0.25, -0.2) is 14.4 Å². The molecule has 4 aromatic rings. The molecule has 4 rings (SSSR count). The third kappa shape index (κ3) is 4.60. The van der Waals surface area contributed by atoms with Crippen LogP contribution in [-0.4, -0.2) is 21.6 Å². The summed E-state index contributed by atoms with van der Waals surface area (Å²) in [6, 6.07) is 8.47. The summed E-state index contributed by atoms with van der Waals surface area (Å²) in [4.78, 5) is 11.2. The number of benzene rings is 1. The Morgan fingerprint density at radius 2 is 1.87 bits per heavy atom. The fourth-order valence-corrected chi connectivity index (χ4v) is 3.12. The number of rotatable bonds is 6. The van der Waals surface area contributed by atoms with Crippen molar-refractivity contribution >= 4 is 22.5 Å².